The summed E-state index contributed by atoms with van der Waals surface area (Å²) in [4.78, 5) is 2.57. The van der Waals surface area contributed by atoms with Crippen molar-refractivity contribution in [1.29, 1.82) is 0 Å². The third kappa shape index (κ3) is 1.38. The van der Waals surface area contributed by atoms with E-state index in [4.69, 9.17) is 0 Å². The second kappa shape index (κ2) is 2.96. The summed E-state index contributed by atoms with van der Waals surface area (Å²) >= 11 is 7.49. The Morgan fingerprint density at radius 1 is 1.33 bits per heavy atom. The molecule has 12 heavy (non-hydrogen) atoms. The van der Waals surface area contributed by atoms with Crippen molar-refractivity contribution in [3.05, 3.63) is 0 Å². The standard InChI is InChI=1S/C9H15Br2N/c1-6(2)12-4-3-7-8(5-12)9(7,10)11/h6-8H,3-5H2,1-2H3. The summed E-state index contributed by atoms with van der Waals surface area (Å²) < 4.78 is 0.295. The van der Waals surface area contributed by atoms with Crippen LogP contribution in [0.3, 0.4) is 0 Å². The van der Waals surface area contributed by atoms with E-state index in [0.29, 0.717) is 9.28 Å². The van der Waals surface area contributed by atoms with Gasteiger partial charge in [-0.05, 0) is 32.7 Å². The highest BCUT2D eigenvalue weighted by Crippen LogP contribution is 2.65. The molecular formula is C9H15Br2N. The third-order valence-corrected chi connectivity index (χ3v) is 5.61. The maximum absolute atomic E-state index is 3.75. The smallest absolute Gasteiger partial charge is 0.0881 e. The van der Waals surface area contributed by atoms with Crippen molar-refractivity contribution in [1.82, 2.24) is 4.90 Å². The predicted octanol–water partition coefficient (Wildman–Crippen LogP) is 2.83. The molecule has 70 valence electrons. The van der Waals surface area contributed by atoms with Gasteiger partial charge in [0.05, 0.1) is 3.23 Å². The van der Waals surface area contributed by atoms with Gasteiger partial charge in [0.2, 0.25) is 0 Å². The number of fused-ring (bicyclic) bond motifs is 1. The summed E-state index contributed by atoms with van der Waals surface area (Å²) in [6.07, 6.45) is 1.35. The fraction of sp³-hybridized carbons (Fsp3) is 1.00. The van der Waals surface area contributed by atoms with E-state index in [9.17, 15) is 0 Å². The number of hydrogen-bond donors (Lipinski definition) is 0. The van der Waals surface area contributed by atoms with Crippen molar-refractivity contribution < 1.29 is 0 Å². The van der Waals surface area contributed by atoms with Gasteiger partial charge in [0.1, 0.15) is 0 Å². The molecule has 3 heteroatoms. The zero-order chi connectivity index (χ0) is 8.93. The van der Waals surface area contributed by atoms with Gasteiger partial charge in [-0.3, -0.25) is 0 Å². The van der Waals surface area contributed by atoms with Crippen LogP contribution in [0, 0.1) is 11.8 Å². The van der Waals surface area contributed by atoms with Crippen LogP contribution in [0.1, 0.15) is 20.3 Å². The second-order valence-electron chi connectivity index (χ2n) is 4.26. The number of piperidine rings is 1. The molecule has 2 aliphatic rings. The van der Waals surface area contributed by atoms with E-state index >= 15 is 0 Å². The van der Waals surface area contributed by atoms with Crippen molar-refractivity contribution in [2.24, 2.45) is 11.8 Å². The number of rotatable bonds is 1. The van der Waals surface area contributed by atoms with Crippen LogP contribution in [0.5, 0.6) is 0 Å². The maximum atomic E-state index is 3.75. The summed E-state index contributed by atoms with van der Waals surface area (Å²) in [6.45, 7) is 7.11. The minimum absolute atomic E-state index is 0.295. The number of halogens is 2. The lowest BCUT2D eigenvalue weighted by Gasteiger charge is -2.29. The summed E-state index contributed by atoms with van der Waals surface area (Å²) in [5.74, 6) is 1.72. The van der Waals surface area contributed by atoms with E-state index in [0.717, 1.165) is 11.8 Å². The molecule has 1 heterocycles. The fourth-order valence-electron chi connectivity index (χ4n) is 2.22. The molecule has 0 aromatic heterocycles. The molecule has 0 spiro atoms. The molecule has 2 fully saturated rings. The zero-order valence-corrected chi connectivity index (χ0v) is 10.7. The minimum Gasteiger partial charge on any atom is -0.301 e. The van der Waals surface area contributed by atoms with Gasteiger partial charge in [-0.15, -0.1) is 0 Å². The van der Waals surface area contributed by atoms with Crippen molar-refractivity contribution in [2.45, 2.75) is 29.5 Å². The monoisotopic (exact) mass is 295 g/mol. The molecule has 0 bridgehead atoms. The molecule has 1 aliphatic carbocycles. The van der Waals surface area contributed by atoms with Crippen LogP contribution in [0.4, 0.5) is 0 Å². The fourth-order valence-corrected chi connectivity index (χ4v) is 3.98. The van der Waals surface area contributed by atoms with Gasteiger partial charge in [0, 0.05) is 18.5 Å². The first-order valence-electron chi connectivity index (χ1n) is 4.65. The highest BCUT2D eigenvalue weighted by atomic mass is 79.9. The SMILES string of the molecule is CC(C)N1CCC2C(C1)C2(Br)Br. The van der Waals surface area contributed by atoms with E-state index in [2.05, 4.69) is 50.6 Å². The Labute approximate surface area is 91.1 Å². The van der Waals surface area contributed by atoms with Gasteiger partial charge >= 0.3 is 0 Å². The van der Waals surface area contributed by atoms with Gasteiger partial charge < -0.3 is 4.90 Å². The first-order chi connectivity index (χ1) is 5.53. The van der Waals surface area contributed by atoms with Crippen LogP contribution in [0.2, 0.25) is 0 Å². The Balaban J connectivity index is 1.97. The van der Waals surface area contributed by atoms with Crippen molar-refractivity contribution in [3.8, 4) is 0 Å². The predicted molar refractivity (Wildman–Crippen MR) is 58.9 cm³/mol. The molecular weight excluding hydrogens is 282 g/mol. The number of hydrogen-bond acceptors (Lipinski definition) is 1. The Morgan fingerprint density at radius 3 is 2.50 bits per heavy atom. The van der Waals surface area contributed by atoms with Crippen LogP contribution in [-0.4, -0.2) is 27.3 Å². The van der Waals surface area contributed by atoms with E-state index in [1.807, 2.05) is 0 Å². The van der Waals surface area contributed by atoms with Crippen LogP contribution >= 0.6 is 31.9 Å². The van der Waals surface area contributed by atoms with E-state index in [1.165, 1.54) is 19.5 Å². The first kappa shape index (κ1) is 9.47. The van der Waals surface area contributed by atoms with Crippen molar-refractivity contribution in [3.63, 3.8) is 0 Å². The molecule has 2 rings (SSSR count). The number of nitrogens with zero attached hydrogens (tertiary/aromatic N) is 1. The quantitative estimate of drug-likeness (QED) is 0.673. The molecule has 1 saturated heterocycles. The van der Waals surface area contributed by atoms with Gasteiger partial charge in [-0.2, -0.15) is 0 Å². The average Bonchev–Trinajstić information content (AvgIpc) is 2.55. The molecule has 1 nitrogen and oxygen atoms in total. The summed E-state index contributed by atoms with van der Waals surface area (Å²) in [5, 5.41) is 0. The summed E-state index contributed by atoms with van der Waals surface area (Å²) in [6, 6.07) is 0.711. The molecule has 2 unspecified atom stereocenters. The second-order valence-corrected chi connectivity index (χ2v) is 7.95. The molecule has 0 amide bonds. The van der Waals surface area contributed by atoms with Gasteiger partial charge in [0.25, 0.3) is 0 Å². The number of likely N-dealkylation sites (tertiary alicyclic amines) is 1. The summed E-state index contributed by atoms with van der Waals surface area (Å²) in [7, 11) is 0. The van der Waals surface area contributed by atoms with Gasteiger partial charge in [-0.1, -0.05) is 31.9 Å². The van der Waals surface area contributed by atoms with Crippen molar-refractivity contribution in [2.75, 3.05) is 13.1 Å². The zero-order valence-electron chi connectivity index (χ0n) is 7.56. The lowest BCUT2D eigenvalue weighted by atomic mass is 10.1. The molecule has 2 atom stereocenters. The van der Waals surface area contributed by atoms with E-state index < -0.39 is 0 Å². The molecule has 0 N–H and O–H groups in total. The number of alkyl halides is 2. The normalized spacial score (nSPS) is 39.8. The lowest BCUT2D eigenvalue weighted by molar-refractivity contribution is 0.177. The van der Waals surface area contributed by atoms with Crippen LogP contribution in [-0.2, 0) is 0 Å². The topological polar surface area (TPSA) is 3.24 Å². The maximum Gasteiger partial charge on any atom is 0.0881 e. The Kier molecular flexibility index (Phi) is 2.34. The summed E-state index contributed by atoms with van der Waals surface area (Å²) in [5.41, 5.74) is 0. The lowest BCUT2D eigenvalue weighted by Crippen LogP contribution is -2.36. The molecule has 0 aromatic rings. The van der Waals surface area contributed by atoms with Crippen molar-refractivity contribution >= 4 is 31.9 Å². The van der Waals surface area contributed by atoms with Gasteiger partial charge in [-0.25, -0.2) is 0 Å². The molecule has 0 radical (unpaired) electrons. The highest BCUT2D eigenvalue weighted by Gasteiger charge is 2.63. The highest BCUT2D eigenvalue weighted by molar-refractivity contribution is 9.25. The van der Waals surface area contributed by atoms with Crippen LogP contribution in [0.15, 0.2) is 0 Å². The van der Waals surface area contributed by atoms with E-state index in [-0.39, 0.29) is 0 Å². The Bertz CT molecular complexity index is 191. The van der Waals surface area contributed by atoms with E-state index in [1.54, 1.807) is 0 Å². The van der Waals surface area contributed by atoms with Crippen LogP contribution < -0.4 is 0 Å². The first-order valence-corrected chi connectivity index (χ1v) is 6.24. The average molecular weight is 297 g/mol. The molecule has 0 aromatic carbocycles. The van der Waals surface area contributed by atoms with Crippen LogP contribution in [0.25, 0.3) is 0 Å². The third-order valence-electron chi connectivity index (χ3n) is 3.25. The molecule has 1 saturated carbocycles. The molecule has 1 aliphatic heterocycles. The van der Waals surface area contributed by atoms with Gasteiger partial charge in [0.15, 0.2) is 0 Å². The minimum atomic E-state index is 0.295. The Hall–Kier alpha value is 0.920. The Morgan fingerprint density at radius 2 is 2.00 bits per heavy atom. The largest absolute Gasteiger partial charge is 0.301 e.